The SMILES string of the molecule is N=C(N)NCCC[C@@H](NC(=O)[C@@H](CCCCN)NC(=O)[C@@H](CCCCN)NC(=O)[C@@H](CCCNC(=N)N)NC(=O)[C@@H](CCCNC(=N)N)NC(=O)[C@@H](CCC(N)=O)NC(=O)[C@@H](CCCNC(=N)N)NC(=O)[C@@H](CCCNC(=N)N)NC(=O)[C@@H](CCCNC(=N)N)NC(=O)[C@H]1CCCN1)C(=O)NCC(=O)O. The Balaban J connectivity index is 3.92. The van der Waals surface area contributed by atoms with Crippen LogP contribution in [0.5, 0.6) is 0 Å². The highest BCUT2D eigenvalue weighted by atomic mass is 16.4. The van der Waals surface area contributed by atoms with E-state index in [2.05, 4.69) is 90.4 Å². The molecular weight excluding hydrogens is 1380 g/mol. The monoisotopic (exact) mass is 1490 g/mol. The number of rotatable bonds is 56. The first-order valence-electron chi connectivity index (χ1n) is 34.9. The number of carboxylic acid groups (broad SMARTS) is 1. The Bertz CT molecular complexity index is 2890. The molecule has 1 saturated heterocycles. The van der Waals surface area contributed by atoms with Crippen LogP contribution in [0.25, 0.3) is 0 Å². The number of hydrogen-bond acceptors (Lipinski definition) is 21. The fourth-order valence-corrected chi connectivity index (χ4v) is 10.5. The van der Waals surface area contributed by atoms with Gasteiger partial charge in [0.1, 0.15) is 60.9 Å². The first kappa shape index (κ1) is 92.2. The lowest BCUT2D eigenvalue weighted by atomic mass is 10.0. The van der Waals surface area contributed by atoms with E-state index in [-0.39, 0.29) is 167 Å². The molecule has 0 aromatic carbocycles. The van der Waals surface area contributed by atoms with E-state index < -0.39 is 175 Å². The minimum Gasteiger partial charge on any atom is -0.480 e. The Morgan fingerprint density at radius 1 is 0.333 bits per heavy atom. The first-order valence-corrected chi connectivity index (χ1v) is 34.9. The third kappa shape index (κ3) is 43.0. The zero-order valence-electron chi connectivity index (χ0n) is 59.4. The first-order chi connectivity index (χ1) is 49.8. The lowest BCUT2D eigenvalue weighted by Gasteiger charge is -2.28. The molecule has 0 radical (unpaired) electrons. The molecule has 11 amide bonds. The number of nitrogens with one attached hydrogen (secondary N) is 23. The van der Waals surface area contributed by atoms with E-state index >= 15 is 0 Å². The van der Waals surface area contributed by atoms with Crippen LogP contribution in [0.3, 0.4) is 0 Å². The fraction of sp³-hybridized carbons (Fsp3) is 0.700. The van der Waals surface area contributed by atoms with E-state index in [9.17, 15) is 62.6 Å². The molecule has 1 heterocycles. The summed E-state index contributed by atoms with van der Waals surface area (Å²) < 4.78 is 0. The van der Waals surface area contributed by atoms with Crippen molar-refractivity contribution < 1.29 is 62.6 Å². The number of hydrogen-bond donors (Lipinski definition) is 33. The molecule has 0 aliphatic carbocycles. The predicted octanol–water partition coefficient (Wildman–Crippen LogP) is -10.6. The van der Waals surface area contributed by atoms with Crippen LogP contribution in [0.1, 0.15) is 141 Å². The minimum atomic E-state index is -1.73. The average Bonchev–Trinajstić information content (AvgIpc) is 1.89. The van der Waals surface area contributed by atoms with Gasteiger partial charge in [-0.2, -0.15) is 0 Å². The number of carbonyl (C=O) groups is 12. The maximum Gasteiger partial charge on any atom is 0.322 e. The quantitative estimate of drug-likeness (QED) is 0.0153. The Kier molecular flexibility index (Phi) is 46.5. The number of nitrogens with two attached hydrogens (primary N) is 9. The number of unbranched alkanes of at least 4 members (excludes halogenated alkanes) is 2. The summed E-state index contributed by atoms with van der Waals surface area (Å²) >= 11 is 0. The fourth-order valence-electron chi connectivity index (χ4n) is 10.5. The molecule has 105 heavy (non-hydrogen) atoms. The van der Waals surface area contributed by atoms with Gasteiger partial charge in [0.25, 0.3) is 0 Å². The van der Waals surface area contributed by atoms with E-state index in [1.807, 2.05) is 0 Å². The van der Waals surface area contributed by atoms with Crippen molar-refractivity contribution in [1.82, 2.24) is 90.4 Å². The Morgan fingerprint density at radius 3 is 0.790 bits per heavy atom. The molecular formula is C60H116N32O13. The summed E-state index contributed by atoms with van der Waals surface area (Å²) in [7, 11) is 0. The molecule has 42 N–H and O–H groups in total. The summed E-state index contributed by atoms with van der Waals surface area (Å²) in [6.45, 7) is 0.353. The highest BCUT2D eigenvalue weighted by molar-refractivity contribution is 5.99. The summed E-state index contributed by atoms with van der Waals surface area (Å²) in [5.41, 5.74) is 50.1. The zero-order chi connectivity index (χ0) is 78.8. The number of guanidine groups is 6. The van der Waals surface area contributed by atoms with Gasteiger partial charge in [0.2, 0.25) is 65.0 Å². The molecule has 0 bridgehead atoms. The molecule has 0 aromatic rings. The van der Waals surface area contributed by atoms with Crippen molar-refractivity contribution in [2.45, 2.75) is 202 Å². The molecule has 1 rings (SSSR count). The summed E-state index contributed by atoms with van der Waals surface area (Å²) in [6, 6.07) is -13.9. The molecule has 1 aliphatic heterocycles. The van der Waals surface area contributed by atoms with Gasteiger partial charge >= 0.3 is 5.97 Å². The third-order valence-electron chi connectivity index (χ3n) is 16.0. The Labute approximate surface area is 609 Å². The summed E-state index contributed by atoms with van der Waals surface area (Å²) in [5.74, 6) is -13.7. The summed E-state index contributed by atoms with van der Waals surface area (Å²) in [5, 5.41) is 99.4. The van der Waals surface area contributed by atoms with Gasteiger partial charge in [-0.1, -0.05) is 0 Å². The lowest BCUT2D eigenvalue weighted by molar-refractivity contribution is -0.138. The van der Waals surface area contributed by atoms with Crippen LogP contribution in [0, 0.1) is 32.5 Å². The number of carboxylic acids is 1. The largest absolute Gasteiger partial charge is 0.480 e. The van der Waals surface area contributed by atoms with Gasteiger partial charge in [-0.05, 0) is 154 Å². The Hall–Kier alpha value is -10.9. The van der Waals surface area contributed by atoms with Crippen molar-refractivity contribution in [3.05, 3.63) is 0 Å². The molecule has 0 saturated carbocycles. The van der Waals surface area contributed by atoms with E-state index in [0.717, 1.165) is 0 Å². The van der Waals surface area contributed by atoms with Gasteiger partial charge in [-0.3, -0.25) is 90.0 Å². The van der Waals surface area contributed by atoms with Crippen molar-refractivity contribution in [2.75, 3.05) is 65.4 Å². The number of amides is 11. The molecule has 594 valence electrons. The van der Waals surface area contributed by atoms with Crippen molar-refractivity contribution in [2.24, 2.45) is 51.6 Å². The molecule has 45 nitrogen and oxygen atoms in total. The molecule has 0 unspecified atom stereocenters. The van der Waals surface area contributed by atoms with E-state index in [1.54, 1.807) is 0 Å². The molecule has 1 aliphatic rings. The zero-order valence-corrected chi connectivity index (χ0v) is 59.4. The molecule has 10 atom stereocenters. The third-order valence-corrected chi connectivity index (χ3v) is 16.0. The van der Waals surface area contributed by atoms with Gasteiger partial charge in [0, 0.05) is 45.7 Å². The second kappa shape index (κ2) is 53.0. The van der Waals surface area contributed by atoms with Gasteiger partial charge in [-0.15, -0.1) is 0 Å². The van der Waals surface area contributed by atoms with Crippen LogP contribution in [-0.4, -0.2) is 238 Å². The number of aliphatic carboxylic acids is 1. The highest BCUT2D eigenvalue weighted by Crippen LogP contribution is 2.13. The second-order valence-electron chi connectivity index (χ2n) is 24.8. The minimum absolute atomic E-state index is 0.00324. The van der Waals surface area contributed by atoms with E-state index in [1.165, 1.54) is 0 Å². The van der Waals surface area contributed by atoms with Gasteiger partial charge in [-0.25, -0.2) is 0 Å². The summed E-state index contributed by atoms with van der Waals surface area (Å²) in [4.78, 5) is 167. The van der Waals surface area contributed by atoms with Crippen LogP contribution in [0.4, 0.5) is 0 Å². The predicted molar refractivity (Wildman–Crippen MR) is 388 cm³/mol. The topological polar surface area (TPSA) is 807 Å². The second-order valence-corrected chi connectivity index (χ2v) is 24.8. The van der Waals surface area contributed by atoms with Gasteiger partial charge < -0.3 is 147 Å². The van der Waals surface area contributed by atoms with Crippen LogP contribution >= 0.6 is 0 Å². The Morgan fingerprint density at radius 2 is 0.571 bits per heavy atom. The van der Waals surface area contributed by atoms with Crippen LogP contribution in [0.2, 0.25) is 0 Å². The maximum absolute atomic E-state index is 14.8. The lowest BCUT2D eigenvalue weighted by Crippen LogP contribution is -2.60. The number of carbonyl (C=O) groups excluding carboxylic acids is 11. The average molecular weight is 1490 g/mol. The molecule has 0 aromatic heterocycles. The maximum atomic E-state index is 14.8. The van der Waals surface area contributed by atoms with Crippen LogP contribution < -0.4 is 142 Å². The van der Waals surface area contributed by atoms with Crippen LogP contribution in [-0.2, 0) is 57.5 Å². The van der Waals surface area contributed by atoms with Crippen LogP contribution in [0.15, 0.2) is 0 Å². The van der Waals surface area contributed by atoms with E-state index in [4.69, 9.17) is 84.1 Å². The normalized spacial score (nSPS) is 14.7. The van der Waals surface area contributed by atoms with E-state index in [0.29, 0.717) is 32.2 Å². The standard InChI is InChI=1S/C60H116N32O13/c61-23-3-1-12-35(47(98)84-34(15-6-26-77-55(64)65)45(96)83-32-44(94)95)86-48(99)36(13-2-4-24-62)87-50(101)38(17-8-28-79-57(68)69)89-52(103)40(19-10-30-81-59(72)73)91-54(105)42(21-22-43(63)93)92-53(104)41(20-11-31-82-60(74)75)90-51(102)39(18-9-29-80-58(70)71)88-49(100)37(16-7-27-78-56(66)67)85-46(97)33-14-5-25-76-33/h33-42,76H,1-32,61-62H2,(H2,63,93)(H,83,96)(H,84,98)(H,85,97)(H,86,99)(H,87,101)(H,88,100)(H,89,103)(H,90,102)(H,91,105)(H,92,104)(H,94,95)(H4,64,65,77)(H4,66,67,78)(H4,68,69,79)(H4,70,71,80)(H4,72,73,81)(H4,74,75,82)/t33-,34-,35-,36-,37-,38-,39-,40-,41-,42-/m1/s1. The van der Waals surface area contributed by atoms with Crippen molar-refractivity contribution >= 4 is 107 Å². The molecule has 45 heteroatoms. The van der Waals surface area contributed by atoms with Crippen molar-refractivity contribution in [3.63, 3.8) is 0 Å². The van der Waals surface area contributed by atoms with Crippen molar-refractivity contribution in [1.29, 1.82) is 32.5 Å². The summed E-state index contributed by atoms with van der Waals surface area (Å²) in [6.07, 6.45) is 0.915. The number of primary amides is 1. The molecule has 1 fully saturated rings. The van der Waals surface area contributed by atoms with Gasteiger partial charge in [0.05, 0.1) is 6.04 Å². The smallest absolute Gasteiger partial charge is 0.322 e. The molecule has 0 spiro atoms. The van der Waals surface area contributed by atoms with Gasteiger partial charge in [0.15, 0.2) is 35.8 Å². The van der Waals surface area contributed by atoms with Crippen molar-refractivity contribution in [3.8, 4) is 0 Å². The highest BCUT2D eigenvalue weighted by Gasteiger charge is 2.37.